The smallest absolute Gasteiger partial charge is 0.253 e. The van der Waals surface area contributed by atoms with E-state index in [1.54, 1.807) is 0 Å². The predicted octanol–water partition coefficient (Wildman–Crippen LogP) is 4.00. The number of aromatic nitrogens is 5. The zero-order chi connectivity index (χ0) is 22.9. The molecule has 2 aromatic heterocycles. The van der Waals surface area contributed by atoms with Crippen LogP contribution in [0.5, 0.6) is 0 Å². The van der Waals surface area contributed by atoms with Gasteiger partial charge in [0.05, 0.1) is 12.1 Å². The number of H-pyrrole nitrogens is 1. The van der Waals surface area contributed by atoms with Crippen LogP contribution in [-0.2, 0) is 6.54 Å². The average molecular weight is 443 g/mol. The molecular formula is C26H30N6O. The Morgan fingerprint density at radius 1 is 1.15 bits per heavy atom. The standard InChI is InChI=1S/C26H30N6O/c1-17-8-7-11-31(15-17)24(25-28-29-30-32(25)16-20-9-5-4-6-10-20)22-14-21-13-18(2)12-19(3)23(21)27-26(22)33/h4-6,9-10,12-14,17,24H,7-8,11,15-16H2,1-3H3,(H,27,33)/t17-,24+/m1/s1. The van der Waals surface area contributed by atoms with Gasteiger partial charge in [-0.15, -0.1) is 5.10 Å². The maximum Gasteiger partial charge on any atom is 0.253 e. The molecule has 2 aromatic carbocycles. The summed E-state index contributed by atoms with van der Waals surface area (Å²) >= 11 is 0. The zero-order valence-electron chi connectivity index (χ0n) is 19.5. The van der Waals surface area contributed by atoms with Crippen LogP contribution >= 0.6 is 0 Å². The number of piperidine rings is 1. The summed E-state index contributed by atoms with van der Waals surface area (Å²) in [7, 11) is 0. The molecule has 4 aromatic rings. The van der Waals surface area contributed by atoms with Gasteiger partial charge in [-0.25, -0.2) is 4.68 Å². The van der Waals surface area contributed by atoms with Gasteiger partial charge in [-0.3, -0.25) is 9.69 Å². The maximum atomic E-state index is 13.4. The van der Waals surface area contributed by atoms with Gasteiger partial charge in [0.1, 0.15) is 6.04 Å². The van der Waals surface area contributed by atoms with Crippen molar-refractivity contribution < 1.29 is 0 Å². The van der Waals surface area contributed by atoms with E-state index in [9.17, 15) is 4.79 Å². The van der Waals surface area contributed by atoms with Crippen LogP contribution in [0.15, 0.2) is 53.3 Å². The number of hydrogen-bond donors (Lipinski definition) is 1. The summed E-state index contributed by atoms with van der Waals surface area (Å²) in [4.78, 5) is 19.0. The van der Waals surface area contributed by atoms with Gasteiger partial charge in [-0.05, 0) is 78.2 Å². The van der Waals surface area contributed by atoms with Crippen molar-refractivity contribution in [3.8, 4) is 0 Å². The highest BCUT2D eigenvalue weighted by Crippen LogP contribution is 2.31. The Kier molecular flexibility index (Phi) is 5.81. The number of rotatable bonds is 5. The van der Waals surface area contributed by atoms with Crippen LogP contribution in [-0.4, -0.2) is 43.2 Å². The van der Waals surface area contributed by atoms with Gasteiger partial charge >= 0.3 is 0 Å². The highest BCUT2D eigenvalue weighted by Gasteiger charge is 2.32. The number of hydrogen-bond acceptors (Lipinski definition) is 5. The molecule has 5 rings (SSSR count). The SMILES string of the molecule is Cc1cc(C)c2[nH]c(=O)c([C@@H](c3nnnn3Cc3ccccc3)N3CCC[C@@H](C)C3)cc2c1. The molecule has 170 valence electrons. The van der Waals surface area contributed by atoms with Crippen molar-refractivity contribution in [3.63, 3.8) is 0 Å². The first-order chi connectivity index (χ1) is 16.0. The van der Waals surface area contributed by atoms with E-state index in [-0.39, 0.29) is 11.6 Å². The van der Waals surface area contributed by atoms with E-state index >= 15 is 0 Å². The molecule has 1 saturated heterocycles. The van der Waals surface area contributed by atoms with Crippen molar-refractivity contribution in [3.05, 3.63) is 87.0 Å². The average Bonchev–Trinajstić information content (AvgIpc) is 3.23. The number of aryl methyl sites for hydroxylation is 2. The Labute approximate surface area is 193 Å². The van der Waals surface area contributed by atoms with E-state index in [4.69, 9.17) is 0 Å². The monoisotopic (exact) mass is 442 g/mol. The summed E-state index contributed by atoms with van der Waals surface area (Å²) in [6.45, 7) is 8.78. The quantitative estimate of drug-likeness (QED) is 0.505. The molecule has 0 aliphatic carbocycles. The minimum absolute atomic E-state index is 0.0769. The van der Waals surface area contributed by atoms with Crippen LogP contribution in [0.3, 0.4) is 0 Å². The third kappa shape index (κ3) is 4.33. The molecule has 2 atom stereocenters. The summed E-state index contributed by atoms with van der Waals surface area (Å²) < 4.78 is 1.84. The fraction of sp³-hybridized carbons (Fsp3) is 0.385. The maximum absolute atomic E-state index is 13.4. The normalized spacial score (nSPS) is 18.0. The van der Waals surface area contributed by atoms with Gasteiger partial charge in [0.25, 0.3) is 5.56 Å². The Hall–Kier alpha value is -3.32. The number of benzene rings is 2. The van der Waals surface area contributed by atoms with Gasteiger partial charge < -0.3 is 4.98 Å². The van der Waals surface area contributed by atoms with E-state index in [0.29, 0.717) is 23.9 Å². The lowest BCUT2D eigenvalue weighted by molar-refractivity contribution is 0.141. The van der Waals surface area contributed by atoms with Crippen molar-refractivity contribution in [2.45, 2.75) is 46.2 Å². The first kappa shape index (κ1) is 21.5. The molecular weight excluding hydrogens is 412 g/mol. The summed E-state index contributed by atoms with van der Waals surface area (Å²) in [6.07, 6.45) is 2.30. The van der Waals surface area contributed by atoms with Crippen LogP contribution < -0.4 is 5.56 Å². The van der Waals surface area contributed by atoms with Gasteiger partial charge in [0.15, 0.2) is 5.82 Å². The summed E-state index contributed by atoms with van der Waals surface area (Å²) in [5.41, 5.74) is 4.89. The van der Waals surface area contributed by atoms with Crippen LogP contribution in [0.4, 0.5) is 0 Å². The van der Waals surface area contributed by atoms with Crippen molar-refractivity contribution in [1.82, 2.24) is 30.1 Å². The number of likely N-dealkylation sites (tertiary alicyclic amines) is 1. The second-order valence-corrected chi connectivity index (χ2v) is 9.43. The van der Waals surface area contributed by atoms with Gasteiger partial charge in [-0.1, -0.05) is 48.9 Å². The lowest BCUT2D eigenvalue weighted by Gasteiger charge is -2.36. The second kappa shape index (κ2) is 8.90. The molecule has 0 spiro atoms. The molecule has 3 heterocycles. The third-order valence-corrected chi connectivity index (χ3v) is 6.65. The minimum atomic E-state index is -0.305. The van der Waals surface area contributed by atoms with Crippen molar-refractivity contribution in [2.24, 2.45) is 5.92 Å². The topological polar surface area (TPSA) is 79.7 Å². The number of nitrogens with one attached hydrogen (secondary N) is 1. The molecule has 0 bridgehead atoms. The van der Waals surface area contributed by atoms with E-state index in [1.165, 1.54) is 12.0 Å². The molecule has 0 saturated carbocycles. The zero-order valence-corrected chi connectivity index (χ0v) is 19.5. The highest BCUT2D eigenvalue weighted by atomic mass is 16.1. The van der Waals surface area contributed by atoms with E-state index in [1.807, 2.05) is 35.9 Å². The Bertz CT molecular complexity index is 1330. The lowest BCUT2D eigenvalue weighted by atomic mass is 9.95. The molecule has 0 amide bonds. The van der Waals surface area contributed by atoms with Gasteiger partial charge in [0.2, 0.25) is 0 Å². The first-order valence-corrected chi connectivity index (χ1v) is 11.7. The van der Waals surface area contributed by atoms with E-state index in [2.05, 4.69) is 63.5 Å². The Morgan fingerprint density at radius 2 is 1.97 bits per heavy atom. The van der Waals surface area contributed by atoms with Crippen LogP contribution in [0.1, 0.15) is 53.9 Å². The van der Waals surface area contributed by atoms with Gasteiger partial charge in [0, 0.05) is 12.1 Å². The largest absolute Gasteiger partial charge is 0.321 e. The van der Waals surface area contributed by atoms with E-state index < -0.39 is 0 Å². The number of nitrogens with zero attached hydrogens (tertiary/aromatic N) is 5. The first-order valence-electron chi connectivity index (χ1n) is 11.7. The summed E-state index contributed by atoms with van der Waals surface area (Å²) in [6, 6.07) is 16.1. The minimum Gasteiger partial charge on any atom is -0.321 e. The summed E-state index contributed by atoms with van der Waals surface area (Å²) in [5, 5.41) is 13.8. The highest BCUT2D eigenvalue weighted by molar-refractivity contribution is 5.83. The van der Waals surface area contributed by atoms with Crippen LogP contribution in [0, 0.1) is 19.8 Å². The molecule has 1 N–H and O–H groups in total. The summed E-state index contributed by atoms with van der Waals surface area (Å²) in [5.74, 6) is 1.27. The Morgan fingerprint density at radius 3 is 2.76 bits per heavy atom. The fourth-order valence-electron chi connectivity index (χ4n) is 5.14. The third-order valence-electron chi connectivity index (χ3n) is 6.65. The Balaban J connectivity index is 1.65. The molecule has 0 radical (unpaired) electrons. The molecule has 0 unspecified atom stereocenters. The van der Waals surface area contributed by atoms with Crippen molar-refractivity contribution >= 4 is 10.9 Å². The number of tetrazole rings is 1. The molecule has 33 heavy (non-hydrogen) atoms. The molecule has 7 nitrogen and oxygen atoms in total. The van der Waals surface area contributed by atoms with Crippen LogP contribution in [0.2, 0.25) is 0 Å². The van der Waals surface area contributed by atoms with Crippen LogP contribution in [0.25, 0.3) is 10.9 Å². The lowest BCUT2D eigenvalue weighted by Crippen LogP contribution is -2.41. The molecule has 7 heteroatoms. The predicted molar refractivity (Wildman–Crippen MR) is 129 cm³/mol. The second-order valence-electron chi connectivity index (χ2n) is 9.43. The van der Waals surface area contributed by atoms with Crippen molar-refractivity contribution in [2.75, 3.05) is 13.1 Å². The molecule has 1 aliphatic heterocycles. The fourth-order valence-corrected chi connectivity index (χ4v) is 5.14. The molecule has 1 aliphatic rings. The molecule has 1 fully saturated rings. The van der Waals surface area contributed by atoms with E-state index in [0.717, 1.165) is 41.5 Å². The number of fused-ring (bicyclic) bond motifs is 1. The van der Waals surface area contributed by atoms with Crippen molar-refractivity contribution in [1.29, 1.82) is 0 Å². The van der Waals surface area contributed by atoms with Gasteiger partial charge in [-0.2, -0.15) is 0 Å². The number of pyridine rings is 1. The number of aromatic amines is 1.